The van der Waals surface area contributed by atoms with Crippen LogP contribution in [0.15, 0.2) is 0 Å². The molecule has 3 fully saturated rings. The first-order chi connectivity index (χ1) is 12.2. The van der Waals surface area contributed by atoms with Crippen LogP contribution >= 0.6 is 0 Å². The third-order valence-corrected chi connectivity index (χ3v) is 6.13. The summed E-state index contributed by atoms with van der Waals surface area (Å²) >= 11 is 0. The van der Waals surface area contributed by atoms with E-state index in [-0.39, 0.29) is 6.03 Å². The van der Waals surface area contributed by atoms with Crippen LogP contribution in [0.3, 0.4) is 0 Å². The molecule has 1 aliphatic carbocycles. The largest absolute Gasteiger partial charge is 0.384 e. The third kappa shape index (κ3) is 4.87. The zero-order valence-electron chi connectivity index (χ0n) is 15.5. The average molecular weight is 351 g/mol. The van der Waals surface area contributed by atoms with Crippen LogP contribution in [0.1, 0.15) is 57.8 Å². The zero-order valence-corrected chi connectivity index (χ0v) is 15.5. The minimum atomic E-state index is 0.0820. The van der Waals surface area contributed by atoms with Crippen molar-refractivity contribution in [2.45, 2.75) is 69.9 Å². The molecular formula is C19H33N3O3. The van der Waals surface area contributed by atoms with Gasteiger partial charge < -0.3 is 19.9 Å². The monoisotopic (exact) mass is 351 g/mol. The number of amides is 3. The lowest BCUT2D eigenvalue weighted by Crippen LogP contribution is -2.53. The second-order valence-corrected chi connectivity index (χ2v) is 7.88. The van der Waals surface area contributed by atoms with E-state index in [2.05, 4.69) is 10.2 Å². The van der Waals surface area contributed by atoms with Crippen molar-refractivity contribution in [2.24, 2.45) is 5.92 Å². The van der Waals surface area contributed by atoms with E-state index in [1.807, 2.05) is 4.90 Å². The predicted octanol–water partition coefficient (Wildman–Crippen LogP) is 2.38. The van der Waals surface area contributed by atoms with Crippen molar-refractivity contribution in [3.8, 4) is 0 Å². The molecule has 3 rings (SSSR count). The van der Waals surface area contributed by atoms with Crippen LogP contribution in [-0.2, 0) is 9.53 Å². The molecule has 6 heteroatoms. The lowest BCUT2D eigenvalue weighted by atomic mass is 9.86. The first-order valence-electron chi connectivity index (χ1n) is 10.0. The van der Waals surface area contributed by atoms with Gasteiger partial charge in [-0.15, -0.1) is 0 Å². The fourth-order valence-corrected chi connectivity index (χ4v) is 4.57. The van der Waals surface area contributed by atoms with E-state index in [1.54, 1.807) is 7.11 Å². The van der Waals surface area contributed by atoms with E-state index in [4.69, 9.17) is 4.74 Å². The molecule has 2 aliphatic heterocycles. The molecule has 0 radical (unpaired) electrons. The lowest BCUT2D eigenvalue weighted by molar-refractivity contribution is -0.136. The molecule has 0 atom stereocenters. The number of likely N-dealkylation sites (tertiary alicyclic amines) is 2. The summed E-state index contributed by atoms with van der Waals surface area (Å²) in [7, 11) is 1.76. The van der Waals surface area contributed by atoms with Gasteiger partial charge >= 0.3 is 6.03 Å². The summed E-state index contributed by atoms with van der Waals surface area (Å²) < 4.78 is 5.24. The van der Waals surface area contributed by atoms with E-state index < -0.39 is 0 Å². The number of nitrogens with zero attached hydrogens (tertiary/aromatic N) is 2. The molecule has 6 nitrogen and oxygen atoms in total. The van der Waals surface area contributed by atoms with E-state index in [1.165, 1.54) is 0 Å². The summed E-state index contributed by atoms with van der Waals surface area (Å²) in [4.78, 5) is 28.6. The molecule has 3 aliphatic rings. The average Bonchev–Trinajstić information content (AvgIpc) is 2.64. The van der Waals surface area contributed by atoms with Crippen LogP contribution in [0.4, 0.5) is 4.79 Å². The van der Waals surface area contributed by atoms with E-state index in [9.17, 15) is 9.59 Å². The number of ether oxygens (including phenoxy) is 1. The summed E-state index contributed by atoms with van der Waals surface area (Å²) in [6.45, 7) is 3.27. The number of carbonyl (C=O) groups excluding carboxylic acids is 2. The Morgan fingerprint density at radius 1 is 1.08 bits per heavy atom. The Balaban J connectivity index is 1.39. The van der Waals surface area contributed by atoms with Crippen molar-refractivity contribution in [1.29, 1.82) is 0 Å². The lowest BCUT2D eigenvalue weighted by Gasteiger charge is -2.40. The van der Waals surface area contributed by atoms with Gasteiger partial charge in [0.05, 0.1) is 0 Å². The van der Waals surface area contributed by atoms with Crippen molar-refractivity contribution in [2.75, 3.05) is 33.4 Å². The molecule has 25 heavy (non-hydrogen) atoms. The molecular weight excluding hydrogens is 318 g/mol. The van der Waals surface area contributed by atoms with Crippen LogP contribution in [-0.4, -0.2) is 67.2 Å². The number of nitrogens with one attached hydrogen (secondary N) is 1. The number of urea groups is 1. The van der Waals surface area contributed by atoms with Crippen molar-refractivity contribution in [3.05, 3.63) is 0 Å². The number of carbonyl (C=O) groups is 2. The summed E-state index contributed by atoms with van der Waals surface area (Å²) in [5, 5.41) is 3.22. The molecule has 2 heterocycles. The maximum absolute atomic E-state index is 12.5. The first-order valence-corrected chi connectivity index (χ1v) is 10.0. The van der Waals surface area contributed by atoms with Gasteiger partial charge in [-0.05, 0) is 57.3 Å². The minimum Gasteiger partial charge on any atom is -0.384 e. The van der Waals surface area contributed by atoms with Crippen LogP contribution in [0.5, 0.6) is 0 Å². The smallest absolute Gasteiger partial charge is 0.317 e. The standard InChI is InChI=1S/C19H33N3O3/c1-25-14-15-5-7-16(8-6-15)20-19(24)21-12-9-17(10-13-21)22-11-3-2-4-18(22)23/h15-17H,2-14H2,1H3,(H,20,24). The number of methoxy groups -OCH3 is 1. The Morgan fingerprint density at radius 2 is 1.80 bits per heavy atom. The summed E-state index contributed by atoms with van der Waals surface area (Å²) in [6.07, 6.45) is 9.07. The van der Waals surface area contributed by atoms with Gasteiger partial charge in [-0.25, -0.2) is 4.79 Å². The Labute approximate surface area is 151 Å². The van der Waals surface area contributed by atoms with Gasteiger partial charge in [0.25, 0.3) is 0 Å². The first kappa shape index (κ1) is 18.5. The van der Waals surface area contributed by atoms with Gasteiger partial charge in [0.15, 0.2) is 0 Å². The quantitative estimate of drug-likeness (QED) is 0.846. The second-order valence-electron chi connectivity index (χ2n) is 7.88. The molecule has 0 unspecified atom stereocenters. The Hall–Kier alpha value is -1.30. The van der Waals surface area contributed by atoms with Gasteiger partial charge in [0, 0.05) is 51.9 Å². The van der Waals surface area contributed by atoms with Crippen LogP contribution < -0.4 is 5.32 Å². The maximum Gasteiger partial charge on any atom is 0.317 e. The van der Waals surface area contributed by atoms with Crippen LogP contribution in [0.2, 0.25) is 0 Å². The highest BCUT2D eigenvalue weighted by molar-refractivity contribution is 5.77. The molecule has 0 aromatic heterocycles. The van der Waals surface area contributed by atoms with E-state index in [0.29, 0.717) is 30.3 Å². The molecule has 0 aromatic rings. The van der Waals surface area contributed by atoms with Gasteiger partial charge in [0.2, 0.25) is 5.91 Å². The highest BCUT2D eigenvalue weighted by Gasteiger charge is 2.31. The number of hydrogen-bond donors (Lipinski definition) is 1. The molecule has 1 N–H and O–H groups in total. The fraction of sp³-hybridized carbons (Fsp3) is 0.895. The molecule has 142 valence electrons. The Bertz CT molecular complexity index is 455. The normalized spacial score (nSPS) is 28.9. The molecule has 1 saturated carbocycles. The predicted molar refractivity (Wildman–Crippen MR) is 96.3 cm³/mol. The molecule has 0 bridgehead atoms. The van der Waals surface area contributed by atoms with E-state index >= 15 is 0 Å². The summed E-state index contributed by atoms with van der Waals surface area (Å²) in [5.74, 6) is 0.956. The van der Waals surface area contributed by atoms with Crippen LogP contribution in [0.25, 0.3) is 0 Å². The molecule has 0 aromatic carbocycles. The number of hydrogen-bond acceptors (Lipinski definition) is 3. The maximum atomic E-state index is 12.5. The second kappa shape index (κ2) is 8.88. The zero-order chi connectivity index (χ0) is 17.6. The topological polar surface area (TPSA) is 61.9 Å². The van der Waals surface area contributed by atoms with Crippen molar-refractivity contribution in [3.63, 3.8) is 0 Å². The number of piperidine rings is 2. The van der Waals surface area contributed by atoms with Crippen LogP contribution in [0, 0.1) is 5.92 Å². The SMILES string of the molecule is COCC1CCC(NC(=O)N2CCC(N3CCCCC3=O)CC2)CC1. The Kier molecular flexibility index (Phi) is 6.57. The number of rotatable bonds is 4. The molecule has 0 spiro atoms. The fourth-order valence-electron chi connectivity index (χ4n) is 4.57. The highest BCUT2D eigenvalue weighted by atomic mass is 16.5. The van der Waals surface area contributed by atoms with E-state index in [0.717, 1.165) is 77.6 Å². The van der Waals surface area contributed by atoms with Crippen molar-refractivity contribution in [1.82, 2.24) is 15.1 Å². The third-order valence-electron chi connectivity index (χ3n) is 6.13. The summed E-state index contributed by atoms with van der Waals surface area (Å²) in [6, 6.07) is 0.724. The minimum absolute atomic E-state index is 0.0820. The Morgan fingerprint density at radius 3 is 2.44 bits per heavy atom. The van der Waals surface area contributed by atoms with Gasteiger partial charge in [-0.3, -0.25) is 4.79 Å². The van der Waals surface area contributed by atoms with Crippen molar-refractivity contribution < 1.29 is 14.3 Å². The summed E-state index contributed by atoms with van der Waals surface area (Å²) in [5.41, 5.74) is 0. The van der Waals surface area contributed by atoms with Gasteiger partial charge in [-0.2, -0.15) is 0 Å². The molecule has 3 amide bonds. The van der Waals surface area contributed by atoms with Crippen molar-refractivity contribution >= 4 is 11.9 Å². The molecule has 2 saturated heterocycles. The van der Waals surface area contributed by atoms with Gasteiger partial charge in [-0.1, -0.05) is 0 Å². The highest BCUT2D eigenvalue weighted by Crippen LogP contribution is 2.25. The van der Waals surface area contributed by atoms with Gasteiger partial charge in [0.1, 0.15) is 0 Å².